The van der Waals surface area contributed by atoms with Crippen molar-refractivity contribution in [3.8, 4) is 24.2 Å². The highest BCUT2D eigenvalue weighted by atomic mass is 16.3. The number of aryl methyl sites for hydroxylation is 1. The Kier molecular flexibility index (Phi) is 2.55. The number of para-hydroxylation sites is 1. The lowest BCUT2D eigenvalue weighted by Crippen LogP contribution is -1.89. The highest BCUT2D eigenvalue weighted by molar-refractivity contribution is 6.07. The summed E-state index contributed by atoms with van der Waals surface area (Å²) in [5.74, 6) is 8.73. The first kappa shape index (κ1) is 11.5. The lowest BCUT2D eigenvalue weighted by atomic mass is 9.98. The van der Waals surface area contributed by atoms with Gasteiger partial charge in [0.1, 0.15) is 5.58 Å². The van der Waals surface area contributed by atoms with Crippen LogP contribution in [0.25, 0.3) is 21.9 Å². The van der Waals surface area contributed by atoms with Gasteiger partial charge < -0.3 is 4.42 Å². The first-order chi connectivity index (χ1) is 9.26. The third-order valence-electron chi connectivity index (χ3n) is 3.26. The Balaban J connectivity index is 2.59. The second kappa shape index (κ2) is 4.23. The summed E-state index contributed by atoms with van der Waals surface area (Å²) in [6.07, 6.45) is 5.61. The molecule has 1 nitrogen and oxygen atoms in total. The van der Waals surface area contributed by atoms with Crippen LogP contribution in [0, 0.1) is 31.1 Å². The maximum Gasteiger partial charge on any atom is 0.152 e. The third kappa shape index (κ3) is 1.60. The molecule has 0 N–H and O–H groups in total. The Bertz CT molecular complexity index is 892. The summed E-state index contributed by atoms with van der Waals surface area (Å²) in [5, 5.41) is 2.17. The summed E-state index contributed by atoms with van der Waals surface area (Å²) in [7, 11) is 0. The minimum absolute atomic E-state index is 0.786. The molecule has 0 spiro atoms. The number of furan rings is 1. The summed E-state index contributed by atoms with van der Waals surface area (Å²) in [6.45, 7) is 3.81. The highest BCUT2D eigenvalue weighted by Gasteiger charge is 2.14. The maximum atomic E-state index is 5.94. The molecular formula is C18H12O. The number of terminal acetylenes is 1. The van der Waals surface area contributed by atoms with E-state index in [9.17, 15) is 0 Å². The Morgan fingerprint density at radius 2 is 1.89 bits per heavy atom. The smallest absolute Gasteiger partial charge is 0.152 e. The average Bonchev–Trinajstić information content (AvgIpc) is 2.78. The molecule has 0 radical (unpaired) electrons. The molecule has 0 unspecified atom stereocenters. The number of hydrogen-bond donors (Lipinski definition) is 0. The van der Waals surface area contributed by atoms with Gasteiger partial charge in [-0.25, -0.2) is 0 Å². The molecule has 0 aliphatic rings. The summed E-state index contributed by atoms with van der Waals surface area (Å²) >= 11 is 0. The van der Waals surface area contributed by atoms with Crippen molar-refractivity contribution in [2.45, 2.75) is 13.8 Å². The van der Waals surface area contributed by atoms with Crippen LogP contribution in [0.4, 0.5) is 0 Å². The van der Waals surface area contributed by atoms with Crippen LogP contribution in [0.3, 0.4) is 0 Å². The summed E-state index contributed by atoms with van der Waals surface area (Å²) in [6, 6.07) is 10.1. The van der Waals surface area contributed by atoms with E-state index in [4.69, 9.17) is 10.8 Å². The number of fused-ring (bicyclic) bond motifs is 3. The molecule has 2 aromatic carbocycles. The van der Waals surface area contributed by atoms with E-state index in [-0.39, 0.29) is 0 Å². The first-order valence-electron chi connectivity index (χ1n) is 6.10. The van der Waals surface area contributed by atoms with Crippen molar-refractivity contribution in [2.24, 2.45) is 0 Å². The van der Waals surface area contributed by atoms with Gasteiger partial charge in [-0.3, -0.25) is 0 Å². The fraction of sp³-hybridized carbons (Fsp3) is 0.111. The van der Waals surface area contributed by atoms with Crippen LogP contribution in [-0.4, -0.2) is 0 Å². The maximum absolute atomic E-state index is 5.94. The van der Waals surface area contributed by atoms with Crippen molar-refractivity contribution in [3.63, 3.8) is 0 Å². The molecule has 0 saturated heterocycles. The quantitative estimate of drug-likeness (QED) is 0.539. The van der Waals surface area contributed by atoms with Crippen molar-refractivity contribution in [2.75, 3.05) is 0 Å². The van der Waals surface area contributed by atoms with Crippen LogP contribution in [0.15, 0.2) is 34.7 Å². The van der Waals surface area contributed by atoms with E-state index in [1.807, 2.05) is 25.1 Å². The van der Waals surface area contributed by atoms with Gasteiger partial charge in [0, 0.05) is 16.3 Å². The predicted molar refractivity (Wildman–Crippen MR) is 78.9 cm³/mol. The Hall–Kier alpha value is -2.64. The zero-order valence-electron chi connectivity index (χ0n) is 10.9. The van der Waals surface area contributed by atoms with Gasteiger partial charge >= 0.3 is 0 Å². The van der Waals surface area contributed by atoms with Crippen LogP contribution in [0.1, 0.15) is 23.6 Å². The minimum atomic E-state index is 0.786. The Morgan fingerprint density at radius 1 is 1.11 bits per heavy atom. The van der Waals surface area contributed by atoms with E-state index in [1.54, 1.807) is 6.92 Å². The molecule has 3 rings (SSSR count). The largest absolute Gasteiger partial charge is 0.455 e. The molecule has 0 amide bonds. The SMILES string of the molecule is C#Cc1c(C)cc2c(oc3ccccc32)c1C#CC. The Labute approximate surface area is 112 Å². The van der Waals surface area contributed by atoms with Gasteiger partial charge in [-0.1, -0.05) is 30.0 Å². The van der Waals surface area contributed by atoms with Crippen LogP contribution in [0.5, 0.6) is 0 Å². The molecule has 90 valence electrons. The van der Waals surface area contributed by atoms with Crippen molar-refractivity contribution in [1.29, 1.82) is 0 Å². The van der Waals surface area contributed by atoms with Crippen LogP contribution >= 0.6 is 0 Å². The normalized spacial score (nSPS) is 10.2. The predicted octanol–water partition coefficient (Wildman–Crippen LogP) is 4.25. The van der Waals surface area contributed by atoms with Gasteiger partial charge in [-0.2, -0.15) is 0 Å². The van der Waals surface area contributed by atoms with Gasteiger partial charge in [0.25, 0.3) is 0 Å². The second-order valence-corrected chi connectivity index (χ2v) is 4.44. The molecule has 0 bridgehead atoms. The van der Waals surface area contributed by atoms with Crippen molar-refractivity contribution in [3.05, 3.63) is 47.0 Å². The first-order valence-corrected chi connectivity index (χ1v) is 6.10. The monoisotopic (exact) mass is 244 g/mol. The summed E-state index contributed by atoms with van der Waals surface area (Å²) < 4.78 is 5.94. The average molecular weight is 244 g/mol. The number of hydrogen-bond acceptors (Lipinski definition) is 1. The van der Waals surface area contributed by atoms with E-state index < -0.39 is 0 Å². The van der Waals surface area contributed by atoms with Crippen molar-refractivity contribution in [1.82, 2.24) is 0 Å². The molecule has 0 aliphatic heterocycles. The van der Waals surface area contributed by atoms with Gasteiger partial charge in [-0.15, -0.1) is 12.3 Å². The van der Waals surface area contributed by atoms with E-state index in [1.165, 1.54) is 0 Å². The van der Waals surface area contributed by atoms with Crippen LogP contribution in [0.2, 0.25) is 0 Å². The van der Waals surface area contributed by atoms with Gasteiger partial charge in [0.2, 0.25) is 0 Å². The van der Waals surface area contributed by atoms with Gasteiger partial charge in [0.15, 0.2) is 5.58 Å². The Morgan fingerprint density at radius 3 is 2.63 bits per heavy atom. The molecule has 0 fully saturated rings. The van der Waals surface area contributed by atoms with E-state index >= 15 is 0 Å². The highest BCUT2D eigenvalue weighted by Crippen LogP contribution is 2.33. The second-order valence-electron chi connectivity index (χ2n) is 4.44. The zero-order valence-corrected chi connectivity index (χ0v) is 10.9. The number of benzene rings is 2. The standard InChI is InChI=1S/C18H12O/c1-4-8-15-13(5-2)12(3)11-16-14-9-6-7-10-17(14)19-18(15)16/h2,6-7,9-11H,1,3H3. The molecule has 0 aliphatic carbocycles. The topological polar surface area (TPSA) is 13.1 Å². The lowest BCUT2D eigenvalue weighted by molar-refractivity contribution is 0.667. The van der Waals surface area contributed by atoms with E-state index in [2.05, 4.69) is 29.9 Å². The van der Waals surface area contributed by atoms with Gasteiger partial charge in [0.05, 0.1) is 5.56 Å². The lowest BCUT2D eigenvalue weighted by Gasteiger charge is -2.03. The fourth-order valence-electron chi connectivity index (χ4n) is 2.42. The molecule has 19 heavy (non-hydrogen) atoms. The fourth-order valence-corrected chi connectivity index (χ4v) is 2.42. The molecule has 0 saturated carbocycles. The summed E-state index contributed by atoms with van der Waals surface area (Å²) in [4.78, 5) is 0. The number of rotatable bonds is 0. The van der Waals surface area contributed by atoms with E-state index in [0.29, 0.717) is 0 Å². The molecular weight excluding hydrogens is 232 g/mol. The molecule has 1 heterocycles. The molecule has 1 heteroatoms. The molecule has 1 aromatic heterocycles. The van der Waals surface area contributed by atoms with E-state index in [0.717, 1.165) is 38.6 Å². The van der Waals surface area contributed by atoms with Crippen LogP contribution in [-0.2, 0) is 0 Å². The third-order valence-corrected chi connectivity index (χ3v) is 3.26. The van der Waals surface area contributed by atoms with Crippen molar-refractivity contribution >= 4 is 21.9 Å². The van der Waals surface area contributed by atoms with Crippen LogP contribution < -0.4 is 0 Å². The molecule has 0 atom stereocenters. The van der Waals surface area contributed by atoms with Gasteiger partial charge in [-0.05, 0) is 31.5 Å². The zero-order chi connectivity index (χ0) is 13.4. The molecule has 3 aromatic rings. The van der Waals surface area contributed by atoms with Crippen molar-refractivity contribution < 1.29 is 4.42 Å². The summed E-state index contributed by atoms with van der Waals surface area (Å²) in [5.41, 5.74) is 4.34. The minimum Gasteiger partial charge on any atom is -0.455 e.